The highest BCUT2D eigenvalue weighted by molar-refractivity contribution is 7.17. The molecule has 1 aromatic heterocycles. The molecule has 0 bridgehead atoms. The van der Waals surface area contributed by atoms with Gasteiger partial charge >= 0.3 is 12.1 Å². The van der Waals surface area contributed by atoms with E-state index in [1.54, 1.807) is 0 Å². The van der Waals surface area contributed by atoms with Crippen molar-refractivity contribution in [3.05, 3.63) is 40.9 Å². The van der Waals surface area contributed by atoms with Gasteiger partial charge in [0.2, 0.25) is 0 Å². The first-order chi connectivity index (χ1) is 11.8. The largest absolute Gasteiger partial charge is 0.490 e. The van der Waals surface area contributed by atoms with Gasteiger partial charge in [0, 0.05) is 25.9 Å². The van der Waals surface area contributed by atoms with Crippen molar-refractivity contribution in [1.82, 2.24) is 4.98 Å². The molecule has 1 aliphatic heterocycles. The molecular formula is C16H15F3N2O3S. The molecule has 0 amide bonds. The molecule has 0 aliphatic carbocycles. The van der Waals surface area contributed by atoms with Crippen molar-refractivity contribution in [3.63, 3.8) is 0 Å². The fourth-order valence-electron chi connectivity index (χ4n) is 2.61. The predicted molar refractivity (Wildman–Crippen MR) is 86.4 cm³/mol. The summed E-state index contributed by atoms with van der Waals surface area (Å²) in [5.74, 6) is -0.804. The van der Waals surface area contributed by atoms with E-state index in [0.717, 1.165) is 23.5 Å². The first-order valence-electron chi connectivity index (χ1n) is 7.61. The second-order valence-corrected chi connectivity index (χ2v) is 6.65. The van der Waals surface area contributed by atoms with Crippen LogP contribution >= 0.6 is 11.3 Å². The van der Waals surface area contributed by atoms with Crippen LogP contribution in [-0.4, -0.2) is 35.3 Å². The van der Waals surface area contributed by atoms with Crippen molar-refractivity contribution in [2.75, 3.05) is 18.0 Å². The molecule has 0 saturated carbocycles. The van der Waals surface area contributed by atoms with E-state index in [-0.39, 0.29) is 16.7 Å². The number of aromatic carboxylic acids is 1. The first kappa shape index (κ1) is 17.5. The van der Waals surface area contributed by atoms with Gasteiger partial charge in [-0.2, -0.15) is 13.2 Å². The Kier molecular flexibility index (Phi) is 4.85. The Labute approximate surface area is 145 Å². The average molecular weight is 372 g/mol. The number of thiazole rings is 1. The van der Waals surface area contributed by atoms with Crippen molar-refractivity contribution in [2.24, 2.45) is 0 Å². The van der Waals surface area contributed by atoms with Crippen molar-refractivity contribution >= 4 is 22.4 Å². The van der Waals surface area contributed by atoms with Crippen LogP contribution in [0.4, 0.5) is 18.3 Å². The van der Waals surface area contributed by atoms with E-state index in [2.05, 4.69) is 4.98 Å². The number of carboxylic acid groups (broad SMARTS) is 1. The third kappa shape index (κ3) is 4.22. The quantitative estimate of drug-likeness (QED) is 0.882. The molecule has 0 unspecified atom stereocenters. The van der Waals surface area contributed by atoms with Gasteiger partial charge in [-0.15, -0.1) is 0 Å². The number of anilines is 1. The first-order valence-corrected chi connectivity index (χ1v) is 8.42. The maximum absolute atomic E-state index is 12.7. The van der Waals surface area contributed by atoms with E-state index in [9.17, 15) is 18.0 Å². The minimum atomic E-state index is -4.39. The summed E-state index contributed by atoms with van der Waals surface area (Å²) in [5.41, 5.74) is -0.730. The standard InChI is InChI=1S/C16H15F3N2O3S/c17-16(18,19)10-2-1-3-12(8-10)24-11-4-6-21(7-5-11)15-20-9-13(25-15)14(22)23/h1-3,8-9,11H,4-7H2,(H,22,23). The molecule has 0 radical (unpaired) electrons. The van der Waals surface area contributed by atoms with E-state index in [0.29, 0.717) is 31.1 Å². The smallest absolute Gasteiger partial charge is 0.416 e. The topological polar surface area (TPSA) is 62.7 Å². The number of aromatic nitrogens is 1. The van der Waals surface area contributed by atoms with Gasteiger partial charge in [0.05, 0.1) is 11.8 Å². The molecule has 1 aliphatic rings. The number of ether oxygens (including phenoxy) is 1. The van der Waals surface area contributed by atoms with Gasteiger partial charge in [0.1, 0.15) is 16.7 Å². The highest BCUT2D eigenvalue weighted by Crippen LogP contribution is 2.32. The highest BCUT2D eigenvalue weighted by atomic mass is 32.1. The molecule has 3 rings (SSSR count). The summed E-state index contributed by atoms with van der Waals surface area (Å²) in [7, 11) is 0. The molecule has 1 fully saturated rings. The molecule has 134 valence electrons. The van der Waals surface area contributed by atoms with Gasteiger partial charge in [-0.05, 0) is 18.2 Å². The molecule has 1 N–H and O–H groups in total. The molecule has 5 nitrogen and oxygen atoms in total. The molecule has 1 aromatic carbocycles. The van der Waals surface area contributed by atoms with Crippen molar-refractivity contribution in [2.45, 2.75) is 25.1 Å². The van der Waals surface area contributed by atoms with Gasteiger partial charge < -0.3 is 14.7 Å². The number of nitrogens with zero attached hydrogens (tertiary/aromatic N) is 2. The summed E-state index contributed by atoms with van der Waals surface area (Å²) in [5, 5.41) is 9.57. The fraction of sp³-hybridized carbons (Fsp3) is 0.375. The Morgan fingerprint density at radius 2 is 2.04 bits per heavy atom. The highest BCUT2D eigenvalue weighted by Gasteiger charge is 2.31. The zero-order chi connectivity index (χ0) is 18.0. The van der Waals surface area contributed by atoms with Gasteiger partial charge in [0.15, 0.2) is 5.13 Å². The number of benzene rings is 1. The normalized spacial score (nSPS) is 16.0. The SMILES string of the molecule is O=C(O)c1cnc(N2CCC(Oc3cccc(C(F)(F)F)c3)CC2)s1. The number of carboxylic acids is 1. The van der Waals surface area contributed by atoms with Crippen LogP contribution in [0.5, 0.6) is 5.75 Å². The Balaban J connectivity index is 1.58. The van der Waals surface area contributed by atoms with Crippen molar-refractivity contribution in [3.8, 4) is 5.75 Å². The third-order valence-corrected chi connectivity index (χ3v) is 4.93. The Morgan fingerprint density at radius 1 is 1.32 bits per heavy atom. The minimum absolute atomic E-state index is 0.178. The number of rotatable bonds is 4. The summed E-state index contributed by atoms with van der Waals surface area (Å²) >= 11 is 1.11. The summed E-state index contributed by atoms with van der Waals surface area (Å²) in [6.07, 6.45) is -2.00. The molecule has 9 heteroatoms. The second-order valence-electron chi connectivity index (χ2n) is 5.64. The van der Waals surface area contributed by atoms with Gasteiger partial charge in [-0.1, -0.05) is 17.4 Å². The lowest BCUT2D eigenvalue weighted by Gasteiger charge is -2.32. The van der Waals surface area contributed by atoms with Crippen LogP contribution in [0.3, 0.4) is 0 Å². The van der Waals surface area contributed by atoms with Crippen LogP contribution in [0.25, 0.3) is 0 Å². The number of hydrogen-bond acceptors (Lipinski definition) is 5. The lowest BCUT2D eigenvalue weighted by molar-refractivity contribution is -0.137. The molecule has 0 spiro atoms. The van der Waals surface area contributed by atoms with Crippen molar-refractivity contribution in [1.29, 1.82) is 0 Å². The molecule has 2 aromatic rings. The maximum atomic E-state index is 12.7. The van der Waals surface area contributed by atoms with E-state index in [4.69, 9.17) is 9.84 Å². The van der Waals surface area contributed by atoms with E-state index in [1.807, 2.05) is 4.90 Å². The molecule has 0 atom stereocenters. The summed E-state index contributed by atoms with van der Waals surface area (Å²) in [4.78, 5) is 17.1. The lowest BCUT2D eigenvalue weighted by atomic mass is 10.1. The third-order valence-electron chi connectivity index (χ3n) is 3.88. The van der Waals surface area contributed by atoms with E-state index >= 15 is 0 Å². The number of halogens is 3. The summed E-state index contributed by atoms with van der Waals surface area (Å²) in [6, 6.07) is 4.86. The Hall–Kier alpha value is -2.29. The number of hydrogen-bond donors (Lipinski definition) is 1. The second kappa shape index (κ2) is 6.91. The molecule has 2 heterocycles. The Bertz CT molecular complexity index is 755. The van der Waals surface area contributed by atoms with Crippen LogP contribution in [0, 0.1) is 0 Å². The van der Waals surface area contributed by atoms with Crippen LogP contribution in [0.15, 0.2) is 30.5 Å². The predicted octanol–water partition coefficient (Wildman–Crippen LogP) is 3.91. The fourth-order valence-corrected chi connectivity index (χ4v) is 3.42. The van der Waals surface area contributed by atoms with E-state index < -0.39 is 17.7 Å². The number of piperidine rings is 1. The minimum Gasteiger partial charge on any atom is -0.490 e. The van der Waals surface area contributed by atoms with Crippen molar-refractivity contribution < 1.29 is 27.8 Å². The molecular weight excluding hydrogens is 357 g/mol. The maximum Gasteiger partial charge on any atom is 0.416 e. The zero-order valence-electron chi connectivity index (χ0n) is 13.0. The zero-order valence-corrected chi connectivity index (χ0v) is 13.8. The van der Waals surface area contributed by atoms with Crippen LogP contribution in [0.1, 0.15) is 28.1 Å². The van der Waals surface area contributed by atoms with Gasteiger partial charge in [0.25, 0.3) is 0 Å². The monoisotopic (exact) mass is 372 g/mol. The number of alkyl halides is 3. The average Bonchev–Trinajstić information content (AvgIpc) is 3.05. The van der Waals surface area contributed by atoms with Crippen LogP contribution in [-0.2, 0) is 6.18 Å². The van der Waals surface area contributed by atoms with Crippen LogP contribution < -0.4 is 9.64 Å². The lowest BCUT2D eigenvalue weighted by Crippen LogP contribution is -2.38. The van der Waals surface area contributed by atoms with E-state index in [1.165, 1.54) is 18.3 Å². The van der Waals surface area contributed by atoms with Crippen LogP contribution in [0.2, 0.25) is 0 Å². The van der Waals surface area contributed by atoms with Gasteiger partial charge in [-0.25, -0.2) is 9.78 Å². The molecule has 1 saturated heterocycles. The molecule has 25 heavy (non-hydrogen) atoms. The Morgan fingerprint density at radius 3 is 2.64 bits per heavy atom. The van der Waals surface area contributed by atoms with Gasteiger partial charge in [-0.3, -0.25) is 0 Å². The summed E-state index contributed by atoms with van der Waals surface area (Å²) in [6.45, 7) is 1.21. The summed E-state index contributed by atoms with van der Waals surface area (Å²) < 4.78 is 43.9. The number of carbonyl (C=O) groups is 1.